The number of nitrogens with one attached hydrogen (secondary N) is 1. The van der Waals surface area contributed by atoms with Gasteiger partial charge in [0.05, 0.1) is 12.8 Å². The highest BCUT2D eigenvalue weighted by Crippen LogP contribution is 2.27. The molecule has 0 fully saturated rings. The maximum atomic E-state index is 13.4. The van der Waals surface area contributed by atoms with Crippen molar-refractivity contribution in [2.45, 2.75) is 25.9 Å². The molecule has 0 saturated heterocycles. The first kappa shape index (κ1) is 25.0. The summed E-state index contributed by atoms with van der Waals surface area (Å²) in [6.07, 6.45) is 2.25. The summed E-state index contributed by atoms with van der Waals surface area (Å²) in [5, 5.41) is 7.52. The van der Waals surface area contributed by atoms with Gasteiger partial charge in [-0.2, -0.15) is 5.10 Å². The standard InChI is InChI=1S/C29H29N5O4/c1-19(34-15-5-4-9-27(34)35)29(37)33-16-14-20-7-6-8-23(24(20)18-33)28(36)30-26-17-25(31-32(26)2)21-10-12-22(38-3)13-11-21/h4-13,15,17,19H,14,16,18H2,1-3H3,(H,30,36). The van der Waals surface area contributed by atoms with Crippen LogP contribution in [0.1, 0.15) is 34.5 Å². The van der Waals surface area contributed by atoms with Gasteiger partial charge in [0, 0.05) is 49.6 Å². The number of aryl methyl sites for hydroxylation is 1. The summed E-state index contributed by atoms with van der Waals surface area (Å²) < 4.78 is 8.28. The van der Waals surface area contributed by atoms with E-state index in [1.807, 2.05) is 42.5 Å². The van der Waals surface area contributed by atoms with Crippen LogP contribution in [0.25, 0.3) is 11.3 Å². The first-order valence-electron chi connectivity index (χ1n) is 12.4. The van der Waals surface area contributed by atoms with Crippen molar-refractivity contribution < 1.29 is 14.3 Å². The zero-order chi connectivity index (χ0) is 26.8. The Kier molecular flexibility index (Phi) is 6.83. The number of benzene rings is 2. The van der Waals surface area contributed by atoms with Crippen LogP contribution in [0.5, 0.6) is 5.75 Å². The molecule has 2 aromatic heterocycles. The number of amides is 2. The number of hydrogen-bond donors (Lipinski definition) is 1. The minimum atomic E-state index is -0.642. The van der Waals surface area contributed by atoms with E-state index in [1.54, 1.807) is 55.1 Å². The van der Waals surface area contributed by atoms with Gasteiger partial charge in [-0.05, 0) is 60.9 Å². The van der Waals surface area contributed by atoms with Crippen LogP contribution in [0, 0.1) is 0 Å². The van der Waals surface area contributed by atoms with Crippen LogP contribution >= 0.6 is 0 Å². The van der Waals surface area contributed by atoms with Crippen LogP contribution in [0.2, 0.25) is 0 Å². The van der Waals surface area contributed by atoms with Gasteiger partial charge in [0.1, 0.15) is 17.6 Å². The second kappa shape index (κ2) is 10.4. The van der Waals surface area contributed by atoms with Gasteiger partial charge >= 0.3 is 0 Å². The fourth-order valence-corrected chi connectivity index (χ4v) is 4.80. The lowest BCUT2D eigenvalue weighted by molar-refractivity contribution is -0.135. The maximum absolute atomic E-state index is 13.4. The summed E-state index contributed by atoms with van der Waals surface area (Å²) in [6.45, 7) is 2.54. The number of ether oxygens (including phenoxy) is 1. The average Bonchev–Trinajstić information content (AvgIpc) is 3.31. The SMILES string of the molecule is COc1ccc(-c2cc(NC(=O)c3cccc4c3CN(C(=O)C(C)n3ccccc3=O)CC4)n(C)n2)cc1. The van der Waals surface area contributed by atoms with Gasteiger partial charge in [0.25, 0.3) is 11.5 Å². The monoisotopic (exact) mass is 511 g/mol. The van der Waals surface area contributed by atoms with Crippen LogP contribution in [0.4, 0.5) is 5.82 Å². The summed E-state index contributed by atoms with van der Waals surface area (Å²) in [7, 11) is 3.39. The number of carbonyl (C=O) groups is 2. The van der Waals surface area contributed by atoms with Crippen molar-refractivity contribution in [2.75, 3.05) is 19.0 Å². The number of carbonyl (C=O) groups excluding carboxylic acids is 2. The van der Waals surface area contributed by atoms with Crippen LogP contribution in [0.15, 0.2) is 77.7 Å². The largest absolute Gasteiger partial charge is 0.497 e. The molecule has 1 aliphatic heterocycles. The van der Waals surface area contributed by atoms with Crippen molar-refractivity contribution in [2.24, 2.45) is 7.05 Å². The molecule has 2 amide bonds. The zero-order valence-electron chi connectivity index (χ0n) is 21.5. The number of fused-ring (bicyclic) bond motifs is 1. The second-order valence-corrected chi connectivity index (χ2v) is 9.30. The topological polar surface area (TPSA) is 98.5 Å². The summed E-state index contributed by atoms with van der Waals surface area (Å²) in [4.78, 5) is 40.7. The summed E-state index contributed by atoms with van der Waals surface area (Å²) in [5.41, 5.74) is 3.76. The number of rotatable bonds is 6. The van der Waals surface area contributed by atoms with E-state index < -0.39 is 6.04 Å². The van der Waals surface area contributed by atoms with E-state index in [0.717, 1.165) is 28.1 Å². The van der Waals surface area contributed by atoms with Crippen molar-refractivity contribution in [3.8, 4) is 17.0 Å². The molecule has 1 atom stereocenters. The van der Waals surface area contributed by atoms with Gasteiger partial charge < -0.3 is 19.5 Å². The van der Waals surface area contributed by atoms with Crippen molar-refractivity contribution in [1.82, 2.24) is 19.2 Å². The highest BCUT2D eigenvalue weighted by atomic mass is 16.5. The Balaban J connectivity index is 1.36. The van der Waals surface area contributed by atoms with E-state index in [-0.39, 0.29) is 17.4 Å². The number of pyridine rings is 1. The molecule has 1 unspecified atom stereocenters. The Morgan fingerprint density at radius 2 is 1.84 bits per heavy atom. The van der Waals surface area contributed by atoms with E-state index in [4.69, 9.17) is 4.74 Å². The summed E-state index contributed by atoms with van der Waals surface area (Å²) in [6, 6.07) is 19.2. The number of hydrogen-bond acceptors (Lipinski definition) is 5. The van der Waals surface area contributed by atoms with Crippen molar-refractivity contribution in [3.05, 3.63) is 100.0 Å². The van der Waals surface area contributed by atoms with E-state index in [2.05, 4.69) is 10.4 Å². The molecule has 0 spiro atoms. The molecule has 0 radical (unpaired) electrons. The molecule has 4 aromatic rings. The lowest BCUT2D eigenvalue weighted by Crippen LogP contribution is -2.42. The molecule has 3 heterocycles. The van der Waals surface area contributed by atoms with Gasteiger partial charge in [0.2, 0.25) is 5.91 Å². The third-order valence-electron chi connectivity index (χ3n) is 6.96. The fourth-order valence-electron chi connectivity index (χ4n) is 4.80. The van der Waals surface area contributed by atoms with Gasteiger partial charge in [-0.25, -0.2) is 0 Å². The molecule has 1 aliphatic rings. The van der Waals surface area contributed by atoms with Crippen molar-refractivity contribution in [1.29, 1.82) is 0 Å². The van der Waals surface area contributed by atoms with Crippen molar-refractivity contribution >= 4 is 17.6 Å². The molecule has 5 rings (SSSR count). The molecule has 2 aromatic carbocycles. The number of aromatic nitrogens is 3. The molecule has 194 valence electrons. The maximum Gasteiger partial charge on any atom is 0.257 e. The Bertz CT molecular complexity index is 1550. The molecular weight excluding hydrogens is 482 g/mol. The zero-order valence-corrected chi connectivity index (χ0v) is 21.5. The first-order valence-corrected chi connectivity index (χ1v) is 12.4. The smallest absolute Gasteiger partial charge is 0.257 e. The van der Waals surface area contributed by atoms with Crippen LogP contribution < -0.4 is 15.6 Å². The van der Waals surface area contributed by atoms with Gasteiger partial charge in [-0.1, -0.05) is 18.2 Å². The lowest BCUT2D eigenvalue weighted by Gasteiger charge is -2.32. The Labute approximate surface area is 220 Å². The predicted molar refractivity (Wildman–Crippen MR) is 144 cm³/mol. The molecule has 0 saturated carbocycles. The molecule has 0 aliphatic carbocycles. The van der Waals surface area contributed by atoms with Crippen LogP contribution in [0.3, 0.4) is 0 Å². The number of nitrogens with zero attached hydrogens (tertiary/aromatic N) is 4. The minimum Gasteiger partial charge on any atom is -0.497 e. The fraction of sp³-hybridized carbons (Fsp3) is 0.241. The van der Waals surface area contributed by atoms with Crippen LogP contribution in [-0.4, -0.2) is 44.7 Å². The predicted octanol–water partition coefficient (Wildman–Crippen LogP) is 3.66. The van der Waals surface area contributed by atoms with E-state index in [1.165, 1.54) is 10.6 Å². The minimum absolute atomic E-state index is 0.157. The van der Waals surface area contributed by atoms with Gasteiger partial charge in [0.15, 0.2) is 0 Å². The van der Waals surface area contributed by atoms with Crippen molar-refractivity contribution in [3.63, 3.8) is 0 Å². The van der Waals surface area contributed by atoms with Gasteiger partial charge in [-0.3, -0.25) is 19.1 Å². The van der Waals surface area contributed by atoms with Crippen LogP contribution in [-0.2, 0) is 24.8 Å². The highest BCUT2D eigenvalue weighted by Gasteiger charge is 2.28. The Morgan fingerprint density at radius 1 is 1.05 bits per heavy atom. The number of anilines is 1. The Morgan fingerprint density at radius 3 is 2.58 bits per heavy atom. The van der Waals surface area contributed by atoms with E-state index in [9.17, 15) is 14.4 Å². The van der Waals surface area contributed by atoms with E-state index in [0.29, 0.717) is 30.9 Å². The molecule has 9 nitrogen and oxygen atoms in total. The molecule has 1 N–H and O–H groups in total. The molecule has 0 bridgehead atoms. The summed E-state index contributed by atoms with van der Waals surface area (Å²) in [5.74, 6) is 0.881. The molecular formula is C29H29N5O4. The quantitative estimate of drug-likeness (QED) is 0.426. The molecule has 9 heteroatoms. The summed E-state index contributed by atoms with van der Waals surface area (Å²) >= 11 is 0. The lowest BCUT2D eigenvalue weighted by atomic mass is 9.94. The third-order valence-corrected chi connectivity index (χ3v) is 6.96. The molecule has 38 heavy (non-hydrogen) atoms. The highest BCUT2D eigenvalue weighted by molar-refractivity contribution is 6.05. The van der Waals surface area contributed by atoms with Gasteiger partial charge in [-0.15, -0.1) is 0 Å². The van der Waals surface area contributed by atoms with E-state index >= 15 is 0 Å². The number of methoxy groups -OCH3 is 1. The second-order valence-electron chi connectivity index (χ2n) is 9.30. The average molecular weight is 512 g/mol. The first-order chi connectivity index (χ1) is 18.4. The Hall–Kier alpha value is -4.66. The normalized spacial score (nSPS) is 13.5. The third kappa shape index (κ3) is 4.82.